The fraction of sp³-hybridized carbons (Fsp3) is 0.0909. The van der Waals surface area contributed by atoms with E-state index in [2.05, 4.69) is 15.0 Å². The normalized spacial score (nSPS) is 10.3. The summed E-state index contributed by atoms with van der Waals surface area (Å²) in [5.74, 6) is -1.06. The SMILES string of the molecule is Cc1cnc(Sc2ncc(C(=O)O)cc2N)nc1. The number of nitrogen functional groups attached to an aromatic ring is 1. The Morgan fingerprint density at radius 1 is 1.28 bits per heavy atom. The molecule has 0 bridgehead atoms. The van der Waals surface area contributed by atoms with Crippen molar-refractivity contribution in [3.05, 3.63) is 35.8 Å². The molecule has 0 aliphatic carbocycles. The number of carboxylic acid groups (broad SMARTS) is 1. The summed E-state index contributed by atoms with van der Waals surface area (Å²) in [6.07, 6.45) is 4.64. The highest BCUT2D eigenvalue weighted by molar-refractivity contribution is 7.99. The molecule has 0 aliphatic rings. The average molecular weight is 262 g/mol. The van der Waals surface area contributed by atoms with Gasteiger partial charge in [0, 0.05) is 18.6 Å². The molecule has 0 saturated heterocycles. The molecule has 2 aromatic heterocycles. The molecule has 2 rings (SSSR count). The number of anilines is 1. The largest absolute Gasteiger partial charge is 0.478 e. The van der Waals surface area contributed by atoms with Gasteiger partial charge in [-0.15, -0.1) is 0 Å². The van der Waals surface area contributed by atoms with Gasteiger partial charge in [-0.3, -0.25) is 0 Å². The second-order valence-electron chi connectivity index (χ2n) is 3.57. The van der Waals surface area contributed by atoms with Crippen LogP contribution in [-0.2, 0) is 0 Å². The predicted octanol–water partition coefficient (Wildman–Crippen LogP) is 1.61. The van der Waals surface area contributed by atoms with Gasteiger partial charge in [0.05, 0.1) is 11.3 Å². The molecule has 2 aromatic rings. The zero-order valence-electron chi connectivity index (χ0n) is 9.49. The van der Waals surface area contributed by atoms with E-state index in [1.165, 1.54) is 24.0 Å². The van der Waals surface area contributed by atoms with Crippen LogP contribution in [0.3, 0.4) is 0 Å². The van der Waals surface area contributed by atoms with Gasteiger partial charge in [-0.2, -0.15) is 0 Å². The lowest BCUT2D eigenvalue weighted by Crippen LogP contribution is -2.01. The Morgan fingerprint density at radius 2 is 1.94 bits per heavy atom. The number of nitrogens with zero attached hydrogens (tertiary/aromatic N) is 3. The van der Waals surface area contributed by atoms with Crippen molar-refractivity contribution in [1.82, 2.24) is 15.0 Å². The van der Waals surface area contributed by atoms with Crippen molar-refractivity contribution in [2.24, 2.45) is 0 Å². The molecule has 6 nitrogen and oxygen atoms in total. The summed E-state index contributed by atoms with van der Waals surface area (Å²) in [5, 5.41) is 9.80. The number of hydrogen-bond donors (Lipinski definition) is 2. The predicted molar refractivity (Wildman–Crippen MR) is 66.5 cm³/mol. The molecule has 92 valence electrons. The lowest BCUT2D eigenvalue weighted by Gasteiger charge is -2.04. The molecule has 0 saturated carbocycles. The number of nitrogens with two attached hydrogens (primary N) is 1. The fourth-order valence-corrected chi connectivity index (χ4v) is 1.86. The summed E-state index contributed by atoms with van der Waals surface area (Å²) in [7, 11) is 0. The van der Waals surface area contributed by atoms with E-state index in [1.54, 1.807) is 12.4 Å². The van der Waals surface area contributed by atoms with E-state index < -0.39 is 5.97 Å². The third-order valence-corrected chi connectivity index (χ3v) is 3.00. The zero-order chi connectivity index (χ0) is 13.1. The van der Waals surface area contributed by atoms with Crippen LogP contribution < -0.4 is 5.73 Å². The Balaban J connectivity index is 2.24. The Morgan fingerprint density at radius 3 is 2.50 bits per heavy atom. The number of carbonyl (C=O) groups is 1. The molecule has 0 unspecified atom stereocenters. The molecule has 3 N–H and O–H groups in total. The number of carboxylic acids is 1. The topological polar surface area (TPSA) is 102 Å². The Labute approximate surface area is 107 Å². The third kappa shape index (κ3) is 2.75. The molecular formula is C11H10N4O2S. The number of aryl methyl sites for hydroxylation is 1. The molecule has 0 fully saturated rings. The monoisotopic (exact) mass is 262 g/mol. The number of aromatic nitrogens is 3. The van der Waals surface area contributed by atoms with Crippen LogP contribution in [0.1, 0.15) is 15.9 Å². The minimum atomic E-state index is -1.06. The van der Waals surface area contributed by atoms with Crippen LogP contribution in [0.4, 0.5) is 5.69 Å². The highest BCUT2D eigenvalue weighted by Gasteiger charge is 2.10. The van der Waals surface area contributed by atoms with Crippen molar-refractivity contribution in [1.29, 1.82) is 0 Å². The van der Waals surface area contributed by atoms with Crippen LogP contribution >= 0.6 is 11.8 Å². The molecule has 0 amide bonds. The van der Waals surface area contributed by atoms with Gasteiger partial charge in [0.15, 0.2) is 5.16 Å². The van der Waals surface area contributed by atoms with Crippen molar-refractivity contribution >= 4 is 23.4 Å². The molecule has 18 heavy (non-hydrogen) atoms. The fourth-order valence-electron chi connectivity index (χ4n) is 1.19. The first-order valence-electron chi connectivity index (χ1n) is 5.01. The first-order valence-corrected chi connectivity index (χ1v) is 5.83. The highest BCUT2D eigenvalue weighted by Crippen LogP contribution is 2.27. The van der Waals surface area contributed by atoms with Gasteiger partial charge in [-0.1, -0.05) is 0 Å². The number of aromatic carboxylic acids is 1. The Bertz CT molecular complexity index is 586. The minimum Gasteiger partial charge on any atom is -0.478 e. The van der Waals surface area contributed by atoms with E-state index in [4.69, 9.17) is 10.8 Å². The van der Waals surface area contributed by atoms with E-state index in [9.17, 15) is 4.79 Å². The van der Waals surface area contributed by atoms with Crippen LogP contribution in [0, 0.1) is 6.92 Å². The van der Waals surface area contributed by atoms with E-state index in [1.807, 2.05) is 6.92 Å². The van der Waals surface area contributed by atoms with E-state index >= 15 is 0 Å². The van der Waals surface area contributed by atoms with Gasteiger partial charge in [-0.25, -0.2) is 19.7 Å². The molecule has 0 spiro atoms. The maximum absolute atomic E-state index is 10.7. The van der Waals surface area contributed by atoms with Crippen molar-refractivity contribution in [2.75, 3.05) is 5.73 Å². The van der Waals surface area contributed by atoms with Crippen LogP contribution in [0.15, 0.2) is 34.8 Å². The highest BCUT2D eigenvalue weighted by atomic mass is 32.2. The van der Waals surface area contributed by atoms with Crippen LogP contribution in [-0.4, -0.2) is 26.0 Å². The number of hydrogen-bond acceptors (Lipinski definition) is 6. The Kier molecular flexibility index (Phi) is 3.42. The van der Waals surface area contributed by atoms with E-state index in [0.29, 0.717) is 15.9 Å². The van der Waals surface area contributed by atoms with Crippen molar-refractivity contribution in [3.63, 3.8) is 0 Å². The third-order valence-electron chi connectivity index (χ3n) is 2.07. The average Bonchev–Trinajstić information content (AvgIpc) is 2.34. The van der Waals surface area contributed by atoms with Gasteiger partial charge >= 0.3 is 5.97 Å². The van der Waals surface area contributed by atoms with Crippen LogP contribution in [0.2, 0.25) is 0 Å². The molecule has 0 aliphatic heterocycles. The molecular weight excluding hydrogens is 252 g/mol. The first-order chi connectivity index (χ1) is 8.56. The van der Waals surface area contributed by atoms with Crippen LogP contribution in [0.5, 0.6) is 0 Å². The molecule has 0 radical (unpaired) electrons. The zero-order valence-corrected chi connectivity index (χ0v) is 10.3. The van der Waals surface area contributed by atoms with Crippen molar-refractivity contribution in [2.45, 2.75) is 17.1 Å². The lowest BCUT2D eigenvalue weighted by molar-refractivity contribution is 0.0696. The van der Waals surface area contributed by atoms with Crippen molar-refractivity contribution in [3.8, 4) is 0 Å². The number of pyridine rings is 1. The summed E-state index contributed by atoms with van der Waals surface area (Å²) in [6.45, 7) is 1.89. The lowest BCUT2D eigenvalue weighted by atomic mass is 10.3. The standard InChI is InChI=1S/C11H10N4O2S/c1-6-3-14-11(15-4-6)18-9-8(12)2-7(5-13-9)10(16)17/h2-5H,12H2,1H3,(H,16,17). The Hall–Kier alpha value is -2.15. The van der Waals surface area contributed by atoms with Gasteiger partial charge in [0.25, 0.3) is 0 Å². The minimum absolute atomic E-state index is 0.0571. The van der Waals surface area contributed by atoms with Gasteiger partial charge in [0.1, 0.15) is 5.03 Å². The van der Waals surface area contributed by atoms with Crippen molar-refractivity contribution < 1.29 is 9.90 Å². The first kappa shape index (κ1) is 12.3. The smallest absolute Gasteiger partial charge is 0.337 e. The second-order valence-corrected chi connectivity index (χ2v) is 4.52. The second kappa shape index (κ2) is 5.01. The maximum Gasteiger partial charge on any atom is 0.337 e. The maximum atomic E-state index is 10.7. The molecule has 2 heterocycles. The summed E-state index contributed by atoms with van der Waals surface area (Å²) >= 11 is 1.19. The summed E-state index contributed by atoms with van der Waals surface area (Å²) in [4.78, 5) is 23.0. The van der Waals surface area contributed by atoms with E-state index in [0.717, 1.165) is 5.56 Å². The quantitative estimate of drug-likeness (QED) is 0.810. The summed E-state index contributed by atoms with van der Waals surface area (Å²) < 4.78 is 0. The van der Waals surface area contributed by atoms with Crippen LogP contribution in [0.25, 0.3) is 0 Å². The van der Waals surface area contributed by atoms with Gasteiger partial charge in [-0.05, 0) is 30.3 Å². The van der Waals surface area contributed by atoms with E-state index in [-0.39, 0.29) is 5.56 Å². The van der Waals surface area contributed by atoms with Gasteiger partial charge < -0.3 is 10.8 Å². The molecule has 7 heteroatoms. The summed E-state index contributed by atoms with van der Waals surface area (Å²) in [6, 6.07) is 1.37. The summed E-state index contributed by atoms with van der Waals surface area (Å²) in [5.41, 5.74) is 7.05. The molecule has 0 aromatic carbocycles. The number of rotatable bonds is 3. The van der Waals surface area contributed by atoms with Gasteiger partial charge in [0.2, 0.25) is 0 Å². The molecule has 0 atom stereocenters.